The van der Waals surface area contributed by atoms with Crippen molar-refractivity contribution in [3.8, 4) is 0 Å². The van der Waals surface area contributed by atoms with Gasteiger partial charge in [-0.25, -0.2) is 9.78 Å². The highest BCUT2D eigenvalue weighted by molar-refractivity contribution is 5.83. The van der Waals surface area contributed by atoms with Crippen molar-refractivity contribution >= 4 is 17.5 Å². The van der Waals surface area contributed by atoms with Crippen molar-refractivity contribution in [2.24, 2.45) is 5.92 Å². The number of hydrogen-bond acceptors (Lipinski definition) is 5. The molecule has 1 saturated carbocycles. The van der Waals surface area contributed by atoms with Crippen molar-refractivity contribution in [2.75, 3.05) is 5.32 Å². The van der Waals surface area contributed by atoms with Crippen molar-refractivity contribution in [1.82, 2.24) is 4.98 Å². The maximum absolute atomic E-state index is 11.4. The fourth-order valence-corrected chi connectivity index (χ4v) is 2.03. The van der Waals surface area contributed by atoms with Crippen molar-refractivity contribution < 1.29 is 14.8 Å². The summed E-state index contributed by atoms with van der Waals surface area (Å²) in [5.41, 5.74) is -0.623. The van der Waals surface area contributed by atoms with Gasteiger partial charge in [0, 0.05) is 6.07 Å². The number of pyridine rings is 1. The normalized spacial score (nSPS) is 17.6. The van der Waals surface area contributed by atoms with Gasteiger partial charge in [-0.05, 0) is 38.2 Å². The Morgan fingerprint density at radius 3 is 2.68 bits per heavy atom. The van der Waals surface area contributed by atoms with Crippen LogP contribution in [0.15, 0.2) is 12.3 Å². The molecule has 0 saturated heterocycles. The van der Waals surface area contributed by atoms with Gasteiger partial charge in [0.25, 0.3) is 5.69 Å². The van der Waals surface area contributed by atoms with Gasteiger partial charge in [-0.3, -0.25) is 10.1 Å². The summed E-state index contributed by atoms with van der Waals surface area (Å²) in [5.74, 6) is -0.488. The number of aromatic nitrogens is 1. The predicted molar refractivity (Wildman–Crippen MR) is 68.0 cm³/mol. The van der Waals surface area contributed by atoms with Crippen LogP contribution in [-0.2, 0) is 4.79 Å². The van der Waals surface area contributed by atoms with Gasteiger partial charge < -0.3 is 10.4 Å². The van der Waals surface area contributed by atoms with Crippen molar-refractivity contribution in [3.63, 3.8) is 0 Å². The Hall–Kier alpha value is -2.18. The van der Waals surface area contributed by atoms with E-state index in [1.165, 1.54) is 6.07 Å². The van der Waals surface area contributed by atoms with E-state index in [1.54, 1.807) is 13.8 Å². The van der Waals surface area contributed by atoms with Gasteiger partial charge in [0.05, 0.1) is 4.92 Å². The summed E-state index contributed by atoms with van der Waals surface area (Å²) in [6, 6.07) is 1.38. The molecule has 0 bridgehead atoms. The van der Waals surface area contributed by atoms with Crippen LogP contribution in [0.1, 0.15) is 25.3 Å². The molecule has 1 aliphatic carbocycles. The van der Waals surface area contributed by atoms with Crippen LogP contribution in [0.4, 0.5) is 11.5 Å². The van der Waals surface area contributed by atoms with Crippen LogP contribution in [0.2, 0.25) is 0 Å². The summed E-state index contributed by atoms with van der Waals surface area (Å²) >= 11 is 0. The number of carboxylic acids is 1. The van der Waals surface area contributed by atoms with Gasteiger partial charge >= 0.3 is 5.97 Å². The average Bonchev–Trinajstić information content (AvgIpc) is 3.15. The lowest BCUT2D eigenvalue weighted by atomic mass is 9.95. The Balaban J connectivity index is 2.27. The van der Waals surface area contributed by atoms with E-state index in [1.807, 2.05) is 0 Å². The molecule has 0 aliphatic heterocycles. The highest BCUT2D eigenvalue weighted by atomic mass is 16.6. The quantitative estimate of drug-likeness (QED) is 0.622. The number of nitrogens with zero attached hydrogens (tertiary/aromatic N) is 2. The Kier molecular flexibility index (Phi) is 3.13. The number of hydrogen-bond donors (Lipinski definition) is 2. The van der Waals surface area contributed by atoms with E-state index in [-0.39, 0.29) is 11.6 Å². The van der Waals surface area contributed by atoms with Crippen LogP contribution in [0.25, 0.3) is 0 Å². The Morgan fingerprint density at radius 2 is 2.26 bits per heavy atom. The van der Waals surface area contributed by atoms with Crippen LogP contribution in [0.5, 0.6) is 0 Å². The molecule has 1 atom stereocenters. The van der Waals surface area contributed by atoms with E-state index in [9.17, 15) is 20.0 Å². The molecule has 0 spiro atoms. The largest absolute Gasteiger partial charge is 0.480 e. The molecule has 1 unspecified atom stereocenters. The molecule has 102 valence electrons. The third-order valence-corrected chi connectivity index (χ3v) is 3.49. The van der Waals surface area contributed by atoms with Crippen LogP contribution in [-0.4, -0.2) is 26.5 Å². The number of nitrogens with one attached hydrogen (secondary N) is 1. The minimum Gasteiger partial charge on any atom is -0.480 e. The molecule has 2 N–H and O–H groups in total. The van der Waals surface area contributed by atoms with Crippen molar-refractivity contribution in [2.45, 2.75) is 32.2 Å². The smallest absolute Gasteiger partial charge is 0.329 e. The van der Waals surface area contributed by atoms with Crippen LogP contribution in [0.3, 0.4) is 0 Å². The molecule has 0 amide bonds. The molecule has 7 nitrogen and oxygen atoms in total. The monoisotopic (exact) mass is 265 g/mol. The molecule has 0 aromatic carbocycles. The molecule has 1 aliphatic rings. The summed E-state index contributed by atoms with van der Waals surface area (Å²) in [6.07, 6.45) is 2.86. The van der Waals surface area contributed by atoms with Crippen molar-refractivity contribution in [3.05, 3.63) is 27.9 Å². The van der Waals surface area contributed by atoms with Gasteiger partial charge in [-0.2, -0.15) is 0 Å². The Bertz CT molecular complexity index is 542. The highest BCUT2D eigenvalue weighted by Gasteiger charge is 2.48. The Morgan fingerprint density at radius 1 is 1.63 bits per heavy atom. The number of nitro groups is 1. The lowest BCUT2D eigenvalue weighted by molar-refractivity contribution is -0.385. The SMILES string of the molecule is Cc1cc([N+](=O)[O-])cnc1NC(C)(C(=O)O)C1CC1. The molecular weight excluding hydrogens is 250 g/mol. The first-order valence-corrected chi connectivity index (χ1v) is 5.97. The average molecular weight is 265 g/mol. The van der Waals surface area contributed by atoms with Gasteiger partial charge in [-0.1, -0.05) is 0 Å². The first kappa shape index (κ1) is 13.3. The summed E-state index contributed by atoms with van der Waals surface area (Å²) in [4.78, 5) is 25.5. The minimum atomic E-state index is -1.08. The number of carbonyl (C=O) groups is 1. The first-order valence-electron chi connectivity index (χ1n) is 5.97. The third-order valence-electron chi connectivity index (χ3n) is 3.49. The maximum atomic E-state index is 11.4. The van der Waals surface area contributed by atoms with Gasteiger partial charge in [0.2, 0.25) is 0 Å². The molecule has 1 fully saturated rings. The topological polar surface area (TPSA) is 105 Å². The second-order valence-electron chi connectivity index (χ2n) is 5.02. The maximum Gasteiger partial charge on any atom is 0.329 e. The van der Waals surface area contributed by atoms with E-state index in [0.717, 1.165) is 19.0 Å². The van der Waals surface area contributed by atoms with Crippen LogP contribution >= 0.6 is 0 Å². The summed E-state index contributed by atoms with van der Waals surface area (Å²) < 4.78 is 0. The summed E-state index contributed by atoms with van der Waals surface area (Å²) in [7, 11) is 0. The highest BCUT2D eigenvalue weighted by Crippen LogP contribution is 2.41. The third kappa shape index (κ3) is 2.49. The van der Waals surface area contributed by atoms with E-state index >= 15 is 0 Å². The molecule has 19 heavy (non-hydrogen) atoms. The molecule has 2 rings (SSSR count). The Labute approximate surface area is 109 Å². The van der Waals surface area contributed by atoms with Gasteiger partial charge in [0.1, 0.15) is 17.6 Å². The van der Waals surface area contributed by atoms with E-state index in [4.69, 9.17) is 0 Å². The summed E-state index contributed by atoms with van der Waals surface area (Å²) in [6.45, 7) is 3.28. The molecule has 7 heteroatoms. The van der Waals surface area contributed by atoms with Crippen LogP contribution < -0.4 is 5.32 Å². The molecule has 0 radical (unpaired) electrons. The standard InChI is InChI=1S/C12H15N3O4/c1-7-5-9(15(18)19)6-13-10(7)14-12(2,11(16)17)8-3-4-8/h5-6,8H,3-4H2,1-2H3,(H,13,14)(H,16,17). The van der Waals surface area contributed by atoms with E-state index < -0.39 is 16.4 Å². The summed E-state index contributed by atoms with van der Waals surface area (Å²) in [5, 5.41) is 22.9. The first-order chi connectivity index (χ1) is 8.84. The van der Waals surface area contributed by atoms with E-state index in [2.05, 4.69) is 10.3 Å². The fraction of sp³-hybridized carbons (Fsp3) is 0.500. The zero-order chi connectivity index (χ0) is 14.2. The predicted octanol–water partition coefficient (Wildman–Crippen LogP) is 1.96. The zero-order valence-corrected chi connectivity index (χ0v) is 10.7. The number of aliphatic carboxylic acids is 1. The number of carboxylic acid groups (broad SMARTS) is 1. The second kappa shape index (κ2) is 4.49. The lowest BCUT2D eigenvalue weighted by Crippen LogP contribution is -2.46. The molecule has 1 aromatic rings. The lowest BCUT2D eigenvalue weighted by Gasteiger charge is -2.27. The number of anilines is 1. The molecule has 1 aromatic heterocycles. The van der Waals surface area contributed by atoms with Crippen molar-refractivity contribution in [1.29, 1.82) is 0 Å². The zero-order valence-electron chi connectivity index (χ0n) is 10.7. The fourth-order valence-electron chi connectivity index (χ4n) is 2.03. The second-order valence-corrected chi connectivity index (χ2v) is 5.02. The number of rotatable bonds is 5. The molecule has 1 heterocycles. The van der Waals surface area contributed by atoms with E-state index in [0.29, 0.717) is 11.4 Å². The van der Waals surface area contributed by atoms with Gasteiger partial charge in [0.15, 0.2) is 0 Å². The minimum absolute atomic E-state index is 0.0707. The molecular formula is C12H15N3O4. The van der Waals surface area contributed by atoms with Gasteiger partial charge in [-0.15, -0.1) is 0 Å². The van der Waals surface area contributed by atoms with Crippen LogP contribution in [0, 0.1) is 23.0 Å². The number of aryl methyl sites for hydroxylation is 1.